The van der Waals surface area contributed by atoms with Gasteiger partial charge in [0.25, 0.3) is 0 Å². The third-order valence-electron chi connectivity index (χ3n) is 2.90. The van der Waals surface area contributed by atoms with Gasteiger partial charge in [-0.05, 0) is 12.1 Å². The average Bonchev–Trinajstić information content (AvgIpc) is 2.45. The largest absolute Gasteiger partial charge is 0.493 e. The second kappa shape index (κ2) is 9.44. The van der Waals surface area contributed by atoms with Gasteiger partial charge in [-0.1, -0.05) is 19.1 Å². The maximum atomic E-state index is 11.8. The lowest BCUT2D eigenvalue weighted by atomic mass is 10.1. The Morgan fingerprint density at radius 1 is 1.35 bits per heavy atom. The van der Waals surface area contributed by atoms with Crippen molar-refractivity contribution in [3.63, 3.8) is 0 Å². The Bertz CT molecular complexity index is 415. The lowest BCUT2D eigenvalue weighted by Gasteiger charge is -2.21. The lowest BCUT2D eigenvalue weighted by molar-refractivity contribution is -0.133. The number of carbonyl (C=O) groups is 1. The number of hydrogen-bond donors (Lipinski definition) is 1. The monoisotopic (exact) mass is 302 g/mol. The van der Waals surface area contributed by atoms with Crippen LogP contribution in [0.5, 0.6) is 11.5 Å². The van der Waals surface area contributed by atoms with Crippen LogP contribution < -0.4 is 15.2 Å². The van der Waals surface area contributed by atoms with Gasteiger partial charge in [0.2, 0.25) is 5.91 Å². The van der Waals surface area contributed by atoms with Crippen molar-refractivity contribution in [3.8, 4) is 11.5 Å². The maximum Gasteiger partial charge on any atom is 0.226 e. The number of hydrogen-bond acceptors (Lipinski definition) is 4. The Labute approximate surface area is 126 Å². The lowest BCUT2D eigenvalue weighted by Crippen LogP contribution is -2.37. The second-order valence-corrected chi connectivity index (χ2v) is 4.40. The van der Waals surface area contributed by atoms with E-state index < -0.39 is 0 Å². The molecule has 0 spiro atoms. The molecule has 0 aromatic heterocycles. The van der Waals surface area contributed by atoms with Crippen LogP contribution in [-0.4, -0.2) is 44.7 Å². The van der Waals surface area contributed by atoms with Crippen molar-refractivity contribution in [2.24, 2.45) is 11.7 Å². The first-order valence-electron chi connectivity index (χ1n) is 6.31. The molecule has 0 heterocycles. The molecule has 0 bridgehead atoms. The van der Waals surface area contributed by atoms with Crippen LogP contribution in [0.3, 0.4) is 0 Å². The summed E-state index contributed by atoms with van der Waals surface area (Å²) < 4.78 is 10.8. The van der Waals surface area contributed by atoms with E-state index in [2.05, 4.69) is 0 Å². The Morgan fingerprint density at radius 2 is 1.95 bits per heavy atom. The molecule has 1 unspecified atom stereocenters. The highest BCUT2D eigenvalue weighted by Gasteiger charge is 2.15. The van der Waals surface area contributed by atoms with Crippen LogP contribution in [0.4, 0.5) is 0 Å². The van der Waals surface area contributed by atoms with Gasteiger partial charge in [0.1, 0.15) is 6.61 Å². The number of halogens is 1. The van der Waals surface area contributed by atoms with Gasteiger partial charge in [-0.3, -0.25) is 4.79 Å². The number of likely N-dealkylation sites (N-methyl/N-ethyl adjacent to an activating group) is 1. The zero-order chi connectivity index (χ0) is 14.3. The number of methoxy groups -OCH3 is 1. The summed E-state index contributed by atoms with van der Waals surface area (Å²) in [7, 11) is 3.35. The molecule has 0 aliphatic rings. The topological polar surface area (TPSA) is 64.8 Å². The van der Waals surface area contributed by atoms with E-state index in [1.165, 1.54) is 0 Å². The number of nitrogens with zero attached hydrogens (tertiary/aromatic N) is 1. The normalized spacial score (nSPS) is 11.2. The second-order valence-electron chi connectivity index (χ2n) is 4.40. The molecule has 2 N–H and O–H groups in total. The van der Waals surface area contributed by atoms with Gasteiger partial charge in [-0.25, -0.2) is 0 Å². The molecule has 114 valence electrons. The highest BCUT2D eigenvalue weighted by molar-refractivity contribution is 5.85. The number of amides is 1. The molecule has 1 aromatic rings. The van der Waals surface area contributed by atoms with Gasteiger partial charge < -0.3 is 20.1 Å². The molecule has 1 amide bonds. The third-order valence-corrected chi connectivity index (χ3v) is 2.90. The molecular weight excluding hydrogens is 280 g/mol. The average molecular weight is 303 g/mol. The van der Waals surface area contributed by atoms with Gasteiger partial charge in [0.15, 0.2) is 11.5 Å². The zero-order valence-corrected chi connectivity index (χ0v) is 13.0. The predicted molar refractivity (Wildman–Crippen MR) is 81.6 cm³/mol. The molecule has 0 aliphatic heterocycles. The highest BCUT2D eigenvalue weighted by Crippen LogP contribution is 2.25. The maximum absolute atomic E-state index is 11.8. The fraction of sp³-hybridized carbons (Fsp3) is 0.500. The van der Waals surface area contributed by atoms with Crippen LogP contribution in [0.25, 0.3) is 0 Å². The number of rotatable bonds is 7. The van der Waals surface area contributed by atoms with Crippen molar-refractivity contribution in [3.05, 3.63) is 24.3 Å². The van der Waals surface area contributed by atoms with Crippen molar-refractivity contribution < 1.29 is 14.3 Å². The molecule has 0 saturated carbocycles. The number of benzene rings is 1. The van der Waals surface area contributed by atoms with E-state index in [0.29, 0.717) is 31.2 Å². The van der Waals surface area contributed by atoms with Crippen LogP contribution >= 0.6 is 12.4 Å². The van der Waals surface area contributed by atoms with Crippen LogP contribution in [0.15, 0.2) is 24.3 Å². The van der Waals surface area contributed by atoms with Crippen molar-refractivity contribution in [1.82, 2.24) is 4.90 Å². The standard InChI is InChI=1S/C14H22N2O3.ClH/c1-11(10-15)14(17)16(2)8-9-19-13-7-5-4-6-12(13)18-3;/h4-7,11H,8-10,15H2,1-3H3;1H. The van der Waals surface area contributed by atoms with Gasteiger partial charge in [0.05, 0.1) is 13.7 Å². The van der Waals surface area contributed by atoms with Gasteiger partial charge >= 0.3 is 0 Å². The summed E-state index contributed by atoms with van der Waals surface area (Å²) >= 11 is 0. The van der Waals surface area contributed by atoms with Gasteiger partial charge in [-0.15, -0.1) is 12.4 Å². The van der Waals surface area contributed by atoms with Gasteiger partial charge in [0, 0.05) is 19.5 Å². The summed E-state index contributed by atoms with van der Waals surface area (Å²) in [6.45, 7) is 3.11. The molecule has 5 nitrogen and oxygen atoms in total. The van der Waals surface area contributed by atoms with E-state index >= 15 is 0 Å². The molecule has 20 heavy (non-hydrogen) atoms. The molecule has 0 fully saturated rings. The minimum Gasteiger partial charge on any atom is -0.493 e. The summed E-state index contributed by atoms with van der Waals surface area (Å²) in [6.07, 6.45) is 0. The van der Waals surface area contributed by atoms with Crippen LogP contribution in [0.1, 0.15) is 6.92 Å². The van der Waals surface area contributed by atoms with E-state index in [4.69, 9.17) is 15.2 Å². The van der Waals surface area contributed by atoms with Crippen molar-refractivity contribution in [2.75, 3.05) is 33.9 Å². The minimum atomic E-state index is -0.156. The van der Waals surface area contributed by atoms with Crippen molar-refractivity contribution in [1.29, 1.82) is 0 Å². The smallest absolute Gasteiger partial charge is 0.226 e. The first-order chi connectivity index (χ1) is 9.10. The van der Waals surface area contributed by atoms with E-state index in [1.807, 2.05) is 31.2 Å². The van der Waals surface area contributed by atoms with E-state index in [9.17, 15) is 4.79 Å². The van der Waals surface area contributed by atoms with Crippen molar-refractivity contribution in [2.45, 2.75) is 6.92 Å². The first-order valence-corrected chi connectivity index (χ1v) is 6.31. The van der Waals surface area contributed by atoms with Crippen LogP contribution in [0.2, 0.25) is 0 Å². The summed E-state index contributed by atoms with van der Waals surface area (Å²) in [6, 6.07) is 7.43. The minimum absolute atomic E-state index is 0. The van der Waals surface area contributed by atoms with Crippen LogP contribution in [-0.2, 0) is 4.79 Å². The Balaban J connectivity index is 0.00000361. The van der Waals surface area contributed by atoms with Crippen molar-refractivity contribution >= 4 is 18.3 Å². The number of para-hydroxylation sites is 2. The molecular formula is C14H23ClN2O3. The summed E-state index contributed by atoms with van der Waals surface area (Å²) in [5.74, 6) is 1.24. The number of ether oxygens (including phenoxy) is 2. The van der Waals surface area contributed by atoms with Gasteiger partial charge in [-0.2, -0.15) is 0 Å². The quantitative estimate of drug-likeness (QED) is 0.830. The summed E-state index contributed by atoms with van der Waals surface area (Å²) in [4.78, 5) is 13.4. The highest BCUT2D eigenvalue weighted by atomic mass is 35.5. The number of nitrogens with two attached hydrogens (primary N) is 1. The number of carbonyl (C=O) groups excluding carboxylic acids is 1. The molecule has 1 rings (SSSR count). The fourth-order valence-corrected chi connectivity index (χ4v) is 1.62. The molecule has 0 saturated heterocycles. The fourth-order valence-electron chi connectivity index (χ4n) is 1.62. The predicted octanol–water partition coefficient (Wildman–Crippen LogP) is 1.55. The zero-order valence-electron chi connectivity index (χ0n) is 12.2. The molecule has 1 aromatic carbocycles. The third kappa shape index (κ3) is 5.27. The Hall–Kier alpha value is -1.46. The molecule has 0 aliphatic carbocycles. The van der Waals surface area contributed by atoms with E-state index in [0.717, 1.165) is 0 Å². The Morgan fingerprint density at radius 3 is 2.50 bits per heavy atom. The molecule has 0 radical (unpaired) electrons. The van der Waals surface area contributed by atoms with E-state index in [-0.39, 0.29) is 24.2 Å². The summed E-state index contributed by atoms with van der Waals surface area (Å²) in [5, 5.41) is 0. The van der Waals surface area contributed by atoms with Crippen LogP contribution in [0, 0.1) is 5.92 Å². The SMILES string of the molecule is COc1ccccc1OCCN(C)C(=O)C(C)CN.Cl. The molecule has 1 atom stereocenters. The van der Waals surface area contributed by atoms with E-state index in [1.54, 1.807) is 19.1 Å². The first kappa shape index (κ1) is 18.5. The Kier molecular flexibility index (Phi) is 8.76. The summed E-state index contributed by atoms with van der Waals surface area (Å²) in [5.41, 5.74) is 5.47. The molecule has 6 heteroatoms.